The number of carbonyl (C=O) groups is 1. The van der Waals surface area contributed by atoms with Crippen LogP contribution in [-0.2, 0) is 9.53 Å². The first-order chi connectivity index (χ1) is 6.69. The number of esters is 1. The lowest BCUT2D eigenvalue weighted by Gasteiger charge is -2.14. The summed E-state index contributed by atoms with van der Waals surface area (Å²) in [5.74, 6) is -0.366. The first-order valence-electron chi connectivity index (χ1n) is 4.61. The molecule has 2 aliphatic rings. The summed E-state index contributed by atoms with van der Waals surface area (Å²) in [6.07, 6.45) is 1.33. The molecule has 0 spiro atoms. The van der Waals surface area contributed by atoms with Crippen molar-refractivity contribution in [3.63, 3.8) is 0 Å². The van der Waals surface area contributed by atoms with Gasteiger partial charge in [-0.05, 0) is 18.8 Å². The molecule has 0 saturated heterocycles. The molecule has 2 rings (SSSR count). The normalized spacial score (nSPS) is 43.1. The molecule has 1 N–H and O–H groups in total. The SMILES string of the molecule is COC(=O)C1C2CC(Cl)C1C/C2=N\O. The molecule has 0 aromatic carbocycles. The number of nitrogens with zero attached hydrogens (tertiary/aromatic N) is 1. The van der Waals surface area contributed by atoms with Crippen LogP contribution in [0.15, 0.2) is 5.16 Å². The summed E-state index contributed by atoms with van der Waals surface area (Å²) in [4.78, 5) is 11.5. The van der Waals surface area contributed by atoms with Crippen LogP contribution < -0.4 is 0 Å². The number of fused-ring (bicyclic) bond motifs is 2. The molecule has 0 amide bonds. The average Bonchev–Trinajstić information content (AvgIpc) is 2.69. The van der Waals surface area contributed by atoms with Gasteiger partial charge in [0.15, 0.2) is 0 Å². The van der Waals surface area contributed by atoms with Crippen LogP contribution >= 0.6 is 11.6 Å². The maximum absolute atomic E-state index is 11.5. The van der Waals surface area contributed by atoms with Crippen LogP contribution in [-0.4, -0.2) is 29.4 Å². The lowest BCUT2D eigenvalue weighted by atomic mass is 9.98. The minimum Gasteiger partial charge on any atom is -0.469 e. The standard InChI is InChI=1S/C9H12ClNO3/c1-14-9(12)8-4-3-7(11-13)5(8)2-6(4)10/h4-6,8,13H,2-3H2,1H3/b11-7+. The predicted octanol–water partition coefficient (Wildman–Crippen LogP) is 1.25. The Balaban J connectivity index is 2.24. The topological polar surface area (TPSA) is 58.9 Å². The van der Waals surface area contributed by atoms with E-state index in [4.69, 9.17) is 21.5 Å². The quantitative estimate of drug-likeness (QED) is 0.311. The predicted molar refractivity (Wildman–Crippen MR) is 50.6 cm³/mol. The van der Waals surface area contributed by atoms with Gasteiger partial charge >= 0.3 is 5.97 Å². The Morgan fingerprint density at radius 1 is 1.71 bits per heavy atom. The van der Waals surface area contributed by atoms with E-state index in [1.165, 1.54) is 7.11 Å². The van der Waals surface area contributed by atoms with E-state index in [9.17, 15) is 4.79 Å². The molecule has 2 saturated carbocycles. The summed E-state index contributed by atoms with van der Waals surface area (Å²) in [6, 6.07) is 0. The summed E-state index contributed by atoms with van der Waals surface area (Å²) in [5, 5.41) is 12.0. The van der Waals surface area contributed by atoms with Crippen molar-refractivity contribution in [3.8, 4) is 0 Å². The number of rotatable bonds is 1. The highest BCUT2D eigenvalue weighted by molar-refractivity contribution is 6.22. The van der Waals surface area contributed by atoms with Crippen molar-refractivity contribution in [3.05, 3.63) is 0 Å². The summed E-state index contributed by atoms with van der Waals surface area (Å²) < 4.78 is 4.72. The van der Waals surface area contributed by atoms with Crippen LogP contribution in [0.3, 0.4) is 0 Å². The van der Waals surface area contributed by atoms with Crippen molar-refractivity contribution in [1.29, 1.82) is 0 Å². The summed E-state index contributed by atoms with van der Waals surface area (Å²) >= 11 is 6.08. The summed E-state index contributed by atoms with van der Waals surface area (Å²) in [5.41, 5.74) is 0.697. The van der Waals surface area contributed by atoms with Gasteiger partial charge in [-0.3, -0.25) is 4.79 Å². The zero-order valence-electron chi connectivity index (χ0n) is 7.81. The highest BCUT2D eigenvalue weighted by Crippen LogP contribution is 2.50. The molecule has 0 radical (unpaired) electrons. The number of hydrogen-bond donors (Lipinski definition) is 1. The zero-order chi connectivity index (χ0) is 10.3. The van der Waals surface area contributed by atoms with E-state index in [0.29, 0.717) is 18.6 Å². The number of hydrogen-bond acceptors (Lipinski definition) is 4. The maximum Gasteiger partial charge on any atom is 0.309 e. The third-order valence-corrected chi connectivity index (χ3v) is 3.81. The van der Waals surface area contributed by atoms with E-state index in [-0.39, 0.29) is 29.1 Å². The molecule has 14 heavy (non-hydrogen) atoms. The number of oxime groups is 1. The number of methoxy groups -OCH3 is 1. The molecular formula is C9H12ClNO3. The Labute approximate surface area is 86.9 Å². The van der Waals surface area contributed by atoms with Crippen molar-refractivity contribution in [2.24, 2.45) is 22.9 Å². The fourth-order valence-corrected chi connectivity index (χ4v) is 3.11. The van der Waals surface area contributed by atoms with Crippen LogP contribution in [0, 0.1) is 17.8 Å². The van der Waals surface area contributed by atoms with E-state index in [2.05, 4.69) is 5.16 Å². The molecular weight excluding hydrogens is 206 g/mol. The van der Waals surface area contributed by atoms with Crippen LogP contribution in [0.2, 0.25) is 0 Å². The molecule has 4 unspecified atom stereocenters. The van der Waals surface area contributed by atoms with E-state index in [0.717, 1.165) is 0 Å². The molecule has 4 nitrogen and oxygen atoms in total. The van der Waals surface area contributed by atoms with Gasteiger partial charge in [-0.15, -0.1) is 11.6 Å². The van der Waals surface area contributed by atoms with E-state index >= 15 is 0 Å². The minimum absolute atomic E-state index is 0.00889. The minimum atomic E-state index is -0.234. The van der Waals surface area contributed by atoms with Gasteiger partial charge in [0.05, 0.1) is 18.7 Å². The molecule has 0 aromatic rings. The third kappa shape index (κ3) is 1.21. The second-order valence-corrected chi connectivity index (χ2v) is 4.43. The Kier molecular flexibility index (Phi) is 2.39. The zero-order valence-corrected chi connectivity index (χ0v) is 8.57. The van der Waals surface area contributed by atoms with E-state index in [1.807, 2.05) is 0 Å². The highest BCUT2D eigenvalue weighted by atomic mass is 35.5. The first kappa shape index (κ1) is 9.77. The molecule has 0 heterocycles. The van der Waals surface area contributed by atoms with Gasteiger partial charge in [-0.25, -0.2) is 0 Å². The maximum atomic E-state index is 11.5. The van der Waals surface area contributed by atoms with Crippen molar-refractivity contribution >= 4 is 23.3 Å². The molecule has 78 valence electrons. The van der Waals surface area contributed by atoms with Crippen molar-refractivity contribution in [2.45, 2.75) is 18.2 Å². The largest absolute Gasteiger partial charge is 0.469 e. The Hall–Kier alpha value is -0.770. The van der Waals surface area contributed by atoms with Crippen LogP contribution in [0.25, 0.3) is 0 Å². The van der Waals surface area contributed by atoms with Gasteiger partial charge < -0.3 is 9.94 Å². The number of ether oxygens (including phenoxy) is 1. The van der Waals surface area contributed by atoms with E-state index in [1.54, 1.807) is 0 Å². The Bertz CT molecular complexity index is 292. The molecule has 0 aliphatic heterocycles. The molecule has 5 heteroatoms. The fourth-order valence-electron chi connectivity index (χ4n) is 2.67. The lowest BCUT2D eigenvalue weighted by molar-refractivity contribution is -0.146. The smallest absolute Gasteiger partial charge is 0.309 e. The second kappa shape index (κ2) is 3.42. The molecule has 0 aromatic heterocycles. The van der Waals surface area contributed by atoms with Gasteiger partial charge in [-0.2, -0.15) is 0 Å². The highest BCUT2D eigenvalue weighted by Gasteiger charge is 2.55. The Morgan fingerprint density at radius 3 is 3.00 bits per heavy atom. The molecule has 2 fully saturated rings. The molecule has 2 bridgehead atoms. The average molecular weight is 218 g/mol. The van der Waals surface area contributed by atoms with Gasteiger partial charge in [0.1, 0.15) is 0 Å². The van der Waals surface area contributed by atoms with Crippen molar-refractivity contribution < 1.29 is 14.7 Å². The summed E-state index contributed by atoms with van der Waals surface area (Å²) in [7, 11) is 1.37. The van der Waals surface area contributed by atoms with Crippen LogP contribution in [0.4, 0.5) is 0 Å². The number of alkyl halides is 1. The van der Waals surface area contributed by atoms with Crippen molar-refractivity contribution in [1.82, 2.24) is 0 Å². The van der Waals surface area contributed by atoms with Gasteiger partial charge in [0.25, 0.3) is 0 Å². The Morgan fingerprint density at radius 2 is 2.43 bits per heavy atom. The number of carbonyl (C=O) groups excluding carboxylic acids is 1. The fraction of sp³-hybridized carbons (Fsp3) is 0.778. The monoisotopic (exact) mass is 217 g/mol. The second-order valence-electron chi connectivity index (χ2n) is 3.87. The first-order valence-corrected chi connectivity index (χ1v) is 5.05. The van der Waals surface area contributed by atoms with Crippen LogP contribution in [0.1, 0.15) is 12.8 Å². The lowest BCUT2D eigenvalue weighted by Crippen LogP contribution is -2.22. The number of halogens is 1. The third-order valence-electron chi connectivity index (χ3n) is 3.31. The molecule has 2 aliphatic carbocycles. The molecule has 4 atom stereocenters. The van der Waals surface area contributed by atoms with Crippen molar-refractivity contribution in [2.75, 3.05) is 7.11 Å². The van der Waals surface area contributed by atoms with Gasteiger partial charge in [0, 0.05) is 11.3 Å². The summed E-state index contributed by atoms with van der Waals surface area (Å²) in [6.45, 7) is 0. The van der Waals surface area contributed by atoms with Gasteiger partial charge in [0.2, 0.25) is 0 Å². The van der Waals surface area contributed by atoms with Crippen LogP contribution in [0.5, 0.6) is 0 Å². The van der Waals surface area contributed by atoms with E-state index < -0.39 is 0 Å². The van der Waals surface area contributed by atoms with Gasteiger partial charge in [-0.1, -0.05) is 5.16 Å².